The van der Waals surface area contributed by atoms with Crippen molar-refractivity contribution in [3.8, 4) is 0 Å². The fraction of sp³-hybridized carbons (Fsp3) is 0.462. The van der Waals surface area contributed by atoms with E-state index < -0.39 is 28.9 Å². The maximum Gasteiger partial charge on any atom is 0.260 e. The molecule has 110 valence electrons. The summed E-state index contributed by atoms with van der Waals surface area (Å²) in [6.45, 7) is 1.65. The van der Waals surface area contributed by atoms with E-state index >= 15 is 0 Å². The van der Waals surface area contributed by atoms with Gasteiger partial charge in [-0.25, -0.2) is 13.2 Å². The van der Waals surface area contributed by atoms with E-state index in [1.165, 1.54) is 4.90 Å². The molecule has 1 heterocycles. The van der Waals surface area contributed by atoms with Crippen LogP contribution in [0.3, 0.4) is 0 Å². The molecule has 1 amide bonds. The van der Waals surface area contributed by atoms with Gasteiger partial charge in [-0.05, 0) is 7.05 Å². The number of halogens is 3. The monoisotopic (exact) mass is 287 g/mol. The Labute approximate surface area is 114 Å². The van der Waals surface area contributed by atoms with Crippen molar-refractivity contribution in [2.24, 2.45) is 5.73 Å². The van der Waals surface area contributed by atoms with Crippen molar-refractivity contribution in [3.05, 3.63) is 35.1 Å². The van der Waals surface area contributed by atoms with E-state index in [1.807, 2.05) is 11.9 Å². The van der Waals surface area contributed by atoms with E-state index in [4.69, 9.17) is 5.73 Å². The van der Waals surface area contributed by atoms with Crippen molar-refractivity contribution in [1.82, 2.24) is 9.80 Å². The van der Waals surface area contributed by atoms with Crippen LogP contribution >= 0.6 is 0 Å². The van der Waals surface area contributed by atoms with Gasteiger partial charge < -0.3 is 15.5 Å². The highest BCUT2D eigenvalue weighted by Gasteiger charge is 2.32. The first kappa shape index (κ1) is 14.8. The van der Waals surface area contributed by atoms with Gasteiger partial charge in [-0.3, -0.25) is 4.79 Å². The number of likely N-dealkylation sites (N-methyl/N-ethyl adjacent to an activating group) is 1. The molecular formula is C13H16F3N3O. The van der Waals surface area contributed by atoms with Gasteiger partial charge >= 0.3 is 0 Å². The second kappa shape index (κ2) is 5.80. The third kappa shape index (κ3) is 2.78. The van der Waals surface area contributed by atoms with Crippen LogP contribution in [-0.2, 0) is 0 Å². The third-order valence-electron chi connectivity index (χ3n) is 3.44. The summed E-state index contributed by atoms with van der Waals surface area (Å²) in [6.07, 6.45) is 0. The number of piperazine rings is 1. The topological polar surface area (TPSA) is 49.6 Å². The van der Waals surface area contributed by atoms with Gasteiger partial charge in [0.15, 0.2) is 0 Å². The highest BCUT2D eigenvalue weighted by Crippen LogP contribution is 2.19. The number of nitrogens with two attached hydrogens (primary N) is 1. The van der Waals surface area contributed by atoms with Crippen molar-refractivity contribution in [2.75, 3.05) is 33.2 Å². The predicted molar refractivity (Wildman–Crippen MR) is 67.7 cm³/mol. The first-order valence-corrected chi connectivity index (χ1v) is 6.28. The Bertz CT molecular complexity index is 501. The Kier molecular flexibility index (Phi) is 4.29. The average Bonchev–Trinajstić information content (AvgIpc) is 2.37. The summed E-state index contributed by atoms with van der Waals surface area (Å²) in [6, 6.07) is 0.693. The summed E-state index contributed by atoms with van der Waals surface area (Å²) in [4.78, 5) is 15.6. The maximum absolute atomic E-state index is 13.7. The SMILES string of the molecule is CN1CCN(C(=O)c2c(F)cc(F)cc2F)C(CN)C1. The molecule has 1 unspecified atom stereocenters. The first-order valence-electron chi connectivity index (χ1n) is 6.28. The molecule has 1 fully saturated rings. The van der Waals surface area contributed by atoms with E-state index in [2.05, 4.69) is 0 Å². The van der Waals surface area contributed by atoms with E-state index in [-0.39, 0.29) is 12.6 Å². The van der Waals surface area contributed by atoms with Crippen LogP contribution in [0.25, 0.3) is 0 Å². The number of hydrogen-bond donors (Lipinski definition) is 1. The van der Waals surface area contributed by atoms with Crippen molar-refractivity contribution in [2.45, 2.75) is 6.04 Å². The highest BCUT2D eigenvalue weighted by atomic mass is 19.1. The molecule has 1 aliphatic heterocycles. The first-order chi connectivity index (χ1) is 9.43. The Balaban J connectivity index is 2.31. The predicted octanol–water partition coefficient (Wildman–Crippen LogP) is 0.819. The Morgan fingerprint density at radius 3 is 2.45 bits per heavy atom. The van der Waals surface area contributed by atoms with Gasteiger partial charge in [0.05, 0.1) is 6.04 Å². The molecular weight excluding hydrogens is 271 g/mol. The lowest BCUT2D eigenvalue weighted by Gasteiger charge is -2.39. The van der Waals surface area contributed by atoms with E-state index in [0.29, 0.717) is 31.8 Å². The van der Waals surface area contributed by atoms with Crippen molar-refractivity contribution >= 4 is 5.91 Å². The zero-order chi connectivity index (χ0) is 14.9. The zero-order valence-corrected chi connectivity index (χ0v) is 11.1. The molecule has 0 saturated carbocycles. The molecule has 0 aromatic heterocycles. The van der Waals surface area contributed by atoms with Crippen LogP contribution in [0.2, 0.25) is 0 Å². The summed E-state index contributed by atoms with van der Waals surface area (Å²) in [5, 5.41) is 0. The quantitative estimate of drug-likeness (QED) is 0.876. The number of rotatable bonds is 2. The fourth-order valence-corrected chi connectivity index (χ4v) is 2.37. The minimum atomic E-state index is -1.19. The number of carbonyl (C=O) groups excluding carboxylic acids is 1. The summed E-state index contributed by atoms with van der Waals surface area (Å²) in [7, 11) is 1.88. The van der Waals surface area contributed by atoms with Crippen LogP contribution in [0.1, 0.15) is 10.4 Å². The zero-order valence-electron chi connectivity index (χ0n) is 11.1. The smallest absolute Gasteiger partial charge is 0.260 e. The Morgan fingerprint density at radius 2 is 1.90 bits per heavy atom. The van der Waals surface area contributed by atoms with Gasteiger partial charge in [-0.2, -0.15) is 0 Å². The molecule has 2 rings (SSSR count). The summed E-state index contributed by atoms with van der Waals surface area (Å²) in [5.74, 6) is -4.22. The van der Waals surface area contributed by atoms with Crippen LogP contribution in [-0.4, -0.2) is 55.0 Å². The van der Waals surface area contributed by atoms with Gasteiger partial charge in [-0.1, -0.05) is 0 Å². The minimum absolute atomic E-state index is 0.195. The molecule has 7 heteroatoms. The Morgan fingerprint density at radius 1 is 1.30 bits per heavy atom. The van der Waals surface area contributed by atoms with Gasteiger partial charge in [0.25, 0.3) is 5.91 Å². The lowest BCUT2D eigenvalue weighted by molar-refractivity contribution is 0.0506. The number of carbonyl (C=O) groups is 1. The molecule has 0 aliphatic carbocycles. The molecule has 0 spiro atoms. The van der Waals surface area contributed by atoms with Crippen LogP contribution in [0.4, 0.5) is 13.2 Å². The van der Waals surface area contributed by atoms with Crippen molar-refractivity contribution in [3.63, 3.8) is 0 Å². The van der Waals surface area contributed by atoms with Crippen LogP contribution in [0.15, 0.2) is 12.1 Å². The molecule has 1 aromatic rings. The normalized spacial score (nSPS) is 20.2. The number of amides is 1. The molecule has 4 nitrogen and oxygen atoms in total. The molecule has 0 radical (unpaired) electrons. The second-order valence-electron chi connectivity index (χ2n) is 4.89. The van der Waals surface area contributed by atoms with Crippen LogP contribution < -0.4 is 5.73 Å². The van der Waals surface area contributed by atoms with Crippen molar-refractivity contribution < 1.29 is 18.0 Å². The molecule has 2 N–H and O–H groups in total. The summed E-state index contributed by atoms with van der Waals surface area (Å²) >= 11 is 0. The number of hydrogen-bond acceptors (Lipinski definition) is 3. The fourth-order valence-electron chi connectivity index (χ4n) is 2.37. The van der Waals surface area contributed by atoms with Gasteiger partial charge in [-0.15, -0.1) is 0 Å². The van der Waals surface area contributed by atoms with Crippen LogP contribution in [0, 0.1) is 17.5 Å². The van der Waals surface area contributed by atoms with Gasteiger partial charge in [0, 0.05) is 38.3 Å². The lowest BCUT2D eigenvalue weighted by Crippen LogP contribution is -2.57. The standard InChI is InChI=1S/C13H16F3N3O/c1-18-2-3-19(9(6-17)7-18)13(20)12-10(15)4-8(14)5-11(12)16/h4-5,9H,2-3,6-7,17H2,1H3. The number of nitrogens with zero attached hydrogens (tertiary/aromatic N) is 2. The molecule has 1 aliphatic rings. The highest BCUT2D eigenvalue weighted by molar-refractivity contribution is 5.95. The average molecular weight is 287 g/mol. The van der Waals surface area contributed by atoms with Crippen LogP contribution in [0.5, 0.6) is 0 Å². The van der Waals surface area contributed by atoms with Gasteiger partial charge in [0.1, 0.15) is 23.0 Å². The van der Waals surface area contributed by atoms with Crippen molar-refractivity contribution in [1.29, 1.82) is 0 Å². The maximum atomic E-state index is 13.7. The van der Waals surface area contributed by atoms with E-state index in [9.17, 15) is 18.0 Å². The second-order valence-corrected chi connectivity index (χ2v) is 4.89. The molecule has 1 aromatic carbocycles. The van der Waals surface area contributed by atoms with Gasteiger partial charge in [0.2, 0.25) is 0 Å². The van der Waals surface area contributed by atoms with E-state index in [0.717, 1.165) is 0 Å². The molecule has 1 saturated heterocycles. The third-order valence-corrected chi connectivity index (χ3v) is 3.44. The molecule has 20 heavy (non-hydrogen) atoms. The molecule has 1 atom stereocenters. The Hall–Kier alpha value is -1.60. The van der Waals surface area contributed by atoms with E-state index in [1.54, 1.807) is 0 Å². The number of benzene rings is 1. The summed E-state index contributed by atoms with van der Waals surface area (Å²) < 4.78 is 40.2. The lowest BCUT2D eigenvalue weighted by atomic mass is 10.1. The minimum Gasteiger partial charge on any atom is -0.332 e. The molecule has 0 bridgehead atoms. The largest absolute Gasteiger partial charge is 0.332 e. The summed E-state index contributed by atoms with van der Waals surface area (Å²) in [5.41, 5.74) is 4.88.